The fraction of sp³-hybridized carbons (Fsp3) is 0.444. The van der Waals surface area contributed by atoms with Crippen molar-refractivity contribution in [3.05, 3.63) is 36.9 Å². The molecule has 9 heteroatoms. The molecule has 1 atom stereocenters. The Morgan fingerprint density at radius 3 is 2.63 bits per heavy atom. The predicted molar refractivity (Wildman–Crippen MR) is 94.4 cm³/mol. The molecule has 2 aromatic heterocycles. The van der Waals surface area contributed by atoms with Gasteiger partial charge in [0.25, 0.3) is 5.92 Å². The smallest absolute Gasteiger partial charge is 0.296 e. The third-order valence-corrected chi connectivity index (χ3v) is 4.34. The van der Waals surface area contributed by atoms with E-state index in [0.717, 1.165) is 0 Å². The Morgan fingerprint density at radius 1 is 1.26 bits per heavy atom. The van der Waals surface area contributed by atoms with Crippen LogP contribution in [0.4, 0.5) is 8.78 Å². The first kappa shape index (κ1) is 19.1. The molecule has 1 saturated heterocycles. The van der Waals surface area contributed by atoms with Gasteiger partial charge in [-0.3, -0.25) is 14.7 Å². The Morgan fingerprint density at radius 2 is 1.96 bits per heavy atom. The summed E-state index contributed by atoms with van der Waals surface area (Å²) in [6.07, 6.45) is 4.81. The molecular formula is C18H21F2N5O2. The van der Waals surface area contributed by atoms with Crippen molar-refractivity contribution < 1.29 is 18.3 Å². The molecule has 0 radical (unpaired) electrons. The van der Waals surface area contributed by atoms with Crippen LogP contribution in [-0.2, 0) is 4.79 Å². The SMILES string of the molecule is CN(C)C(=O)CN1CCC(Oc2nccnc2-c2ccncc2)C(F)(F)C1. The van der Waals surface area contributed by atoms with E-state index in [4.69, 9.17) is 4.74 Å². The topological polar surface area (TPSA) is 71.5 Å². The van der Waals surface area contributed by atoms with Crippen LogP contribution in [-0.4, -0.2) is 76.4 Å². The summed E-state index contributed by atoms with van der Waals surface area (Å²) >= 11 is 0. The molecule has 0 aromatic carbocycles. The van der Waals surface area contributed by atoms with E-state index in [1.54, 1.807) is 38.6 Å². The van der Waals surface area contributed by atoms with Crippen LogP contribution in [0.25, 0.3) is 11.3 Å². The quantitative estimate of drug-likeness (QED) is 0.790. The molecule has 7 nitrogen and oxygen atoms in total. The van der Waals surface area contributed by atoms with Crippen LogP contribution in [0.5, 0.6) is 5.88 Å². The number of likely N-dealkylation sites (N-methyl/N-ethyl adjacent to an activating group) is 1. The Bertz CT molecular complexity index is 788. The number of halogens is 2. The molecule has 0 N–H and O–H groups in total. The average molecular weight is 377 g/mol. The summed E-state index contributed by atoms with van der Waals surface area (Å²) in [6.45, 7) is -0.241. The second kappa shape index (κ2) is 7.91. The highest BCUT2D eigenvalue weighted by Crippen LogP contribution is 2.33. The van der Waals surface area contributed by atoms with Gasteiger partial charge in [-0.2, -0.15) is 0 Å². The minimum Gasteiger partial charge on any atom is -0.466 e. The molecule has 0 saturated carbocycles. The molecule has 0 bridgehead atoms. The summed E-state index contributed by atoms with van der Waals surface area (Å²) in [5, 5.41) is 0. The molecule has 1 aliphatic heterocycles. The summed E-state index contributed by atoms with van der Waals surface area (Å²) in [5.41, 5.74) is 1.08. The van der Waals surface area contributed by atoms with Gasteiger partial charge in [0.2, 0.25) is 11.8 Å². The van der Waals surface area contributed by atoms with E-state index in [1.165, 1.54) is 22.2 Å². The van der Waals surface area contributed by atoms with Crippen LogP contribution in [0.15, 0.2) is 36.9 Å². The van der Waals surface area contributed by atoms with Crippen LogP contribution in [0.2, 0.25) is 0 Å². The van der Waals surface area contributed by atoms with E-state index in [2.05, 4.69) is 15.0 Å². The number of carbonyl (C=O) groups is 1. The number of aromatic nitrogens is 3. The van der Waals surface area contributed by atoms with Gasteiger partial charge in [-0.05, 0) is 12.1 Å². The molecule has 27 heavy (non-hydrogen) atoms. The first-order valence-electron chi connectivity index (χ1n) is 8.55. The fourth-order valence-corrected chi connectivity index (χ4v) is 2.86. The number of hydrogen-bond acceptors (Lipinski definition) is 6. The lowest BCUT2D eigenvalue weighted by atomic mass is 10.0. The largest absolute Gasteiger partial charge is 0.466 e. The zero-order valence-corrected chi connectivity index (χ0v) is 15.2. The maximum Gasteiger partial charge on any atom is 0.296 e. The second-order valence-electron chi connectivity index (χ2n) is 6.60. The molecule has 1 unspecified atom stereocenters. The maximum atomic E-state index is 14.6. The van der Waals surface area contributed by atoms with E-state index >= 15 is 0 Å². The van der Waals surface area contributed by atoms with E-state index in [9.17, 15) is 13.6 Å². The lowest BCUT2D eigenvalue weighted by molar-refractivity contribution is -0.148. The standard InChI is InChI=1S/C18H21F2N5O2/c1-24(2)15(26)11-25-10-5-14(18(19,20)12-25)27-17-16(22-8-9-23-17)13-3-6-21-7-4-13/h3-4,6-9,14H,5,10-12H2,1-2H3. The van der Waals surface area contributed by atoms with Gasteiger partial charge >= 0.3 is 0 Å². The fourth-order valence-electron chi connectivity index (χ4n) is 2.86. The number of nitrogens with zero attached hydrogens (tertiary/aromatic N) is 5. The van der Waals surface area contributed by atoms with Crippen molar-refractivity contribution in [2.24, 2.45) is 0 Å². The summed E-state index contributed by atoms with van der Waals surface area (Å²) in [6, 6.07) is 3.43. The van der Waals surface area contributed by atoms with Gasteiger partial charge in [-0.1, -0.05) is 0 Å². The first-order chi connectivity index (χ1) is 12.9. The van der Waals surface area contributed by atoms with Gasteiger partial charge in [0.1, 0.15) is 5.69 Å². The summed E-state index contributed by atoms with van der Waals surface area (Å²) < 4.78 is 34.9. The van der Waals surface area contributed by atoms with Crippen molar-refractivity contribution in [2.45, 2.75) is 18.4 Å². The molecule has 0 spiro atoms. The molecule has 144 valence electrons. The number of pyridine rings is 1. The van der Waals surface area contributed by atoms with Crippen molar-refractivity contribution in [2.75, 3.05) is 33.7 Å². The molecule has 3 heterocycles. The Labute approximate surface area is 156 Å². The molecular weight excluding hydrogens is 356 g/mol. The number of rotatable bonds is 5. The van der Waals surface area contributed by atoms with Crippen molar-refractivity contribution in [3.63, 3.8) is 0 Å². The third-order valence-electron chi connectivity index (χ3n) is 4.34. The second-order valence-corrected chi connectivity index (χ2v) is 6.60. The Kier molecular flexibility index (Phi) is 5.59. The third kappa shape index (κ3) is 4.54. The van der Waals surface area contributed by atoms with E-state index < -0.39 is 18.6 Å². The highest BCUT2D eigenvalue weighted by Gasteiger charge is 2.47. The van der Waals surface area contributed by atoms with E-state index in [1.807, 2.05) is 0 Å². The lowest BCUT2D eigenvalue weighted by Gasteiger charge is -2.38. The van der Waals surface area contributed by atoms with Crippen LogP contribution in [0, 0.1) is 0 Å². The monoisotopic (exact) mass is 377 g/mol. The number of alkyl halides is 2. The van der Waals surface area contributed by atoms with Gasteiger partial charge in [-0.25, -0.2) is 18.7 Å². The highest BCUT2D eigenvalue weighted by atomic mass is 19.3. The lowest BCUT2D eigenvalue weighted by Crippen LogP contribution is -2.55. The number of ether oxygens (including phenoxy) is 1. The van der Waals surface area contributed by atoms with Gasteiger partial charge in [0.05, 0.1) is 13.1 Å². The van der Waals surface area contributed by atoms with E-state index in [0.29, 0.717) is 17.8 Å². The molecule has 1 aliphatic rings. The van der Waals surface area contributed by atoms with E-state index in [-0.39, 0.29) is 24.8 Å². The molecule has 3 rings (SSSR count). The van der Waals surface area contributed by atoms with Gasteiger partial charge in [0.15, 0.2) is 6.10 Å². The Balaban J connectivity index is 1.73. The Hall–Kier alpha value is -2.68. The minimum absolute atomic E-state index is 0.0390. The summed E-state index contributed by atoms with van der Waals surface area (Å²) in [5.74, 6) is -3.26. The van der Waals surface area contributed by atoms with Crippen molar-refractivity contribution in [1.82, 2.24) is 24.8 Å². The van der Waals surface area contributed by atoms with Gasteiger partial charge in [0, 0.05) is 57.4 Å². The first-order valence-corrected chi connectivity index (χ1v) is 8.55. The van der Waals surface area contributed by atoms with Crippen LogP contribution >= 0.6 is 0 Å². The summed E-state index contributed by atoms with van der Waals surface area (Å²) in [4.78, 5) is 26.9. The molecule has 2 aromatic rings. The van der Waals surface area contributed by atoms with Crippen molar-refractivity contribution in [1.29, 1.82) is 0 Å². The summed E-state index contributed by atoms with van der Waals surface area (Å²) in [7, 11) is 3.20. The zero-order chi connectivity index (χ0) is 19.4. The van der Waals surface area contributed by atoms with Crippen LogP contribution in [0.3, 0.4) is 0 Å². The number of likely N-dealkylation sites (tertiary alicyclic amines) is 1. The molecule has 1 fully saturated rings. The van der Waals surface area contributed by atoms with Crippen molar-refractivity contribution >= 4 is 5.91 Å². The average Bonchev–Trinajstić information content (AvgIpc) is 2.64. The molecule has 0 aliphatic carbocycles. The van der Waals surface area contributed by atoms with Gasteiger partial charge in [-0.15, -0.1) is 0 Å². The van der Waals surface area contributed by atoms with Crippen LogP contribution < -0.4 is 4.74 Å². The normalized spacial score (nSPS) is 19.5. The number of hydrogen-bond donors (Lipinski definition) is 0. The number of piperidine rings is 1. The van der Waals surface area contributed by atoms with Crippen LogP contribution in [0.1, 0.15) is 6.42 Å². The zero-order valence-electron chi connectivity index (χ0n) is 15.2. The highest BCUT2D eigenvalue weighted by molar-refractivity contribution is 5.77. The van der Waals surface area contributed by atoms with Gasteiger partial charge < -0.3 is 9.64 Å². The molecule has 1 amide bonds. The predicted octanol–water partition coefficient (Wildman–Crippen LogP) is 1.72. The number of amides is 1. The minimum atomic E-state index is -3.11. The number of carbonyl (C=O) groups excluding carboxylic acids is 1. The van der Waals surface area contributed by atoms with Crippen molar-refractivity contribution in [3.8, 4) is 17.1 Å². The maximum absolute atomic E-state index is 14.6.